The smallest absolute Gasteiger partial charge is 0.253 e. The first-order chi connectivity index (χ1) is 15.5. The maximum atomic E-state index is 13.0. The Kier molecular flexibility index (Phi) is 7.17. The standard InChI is InChI=1S/C23H27N5O4S/c1-15-21(16(2)28(26-15)14-18-8-6-5-7-9-18)13-24-23(30)20-12-19(25-17(3)29)10-11-22(20)27-33(4,31)32/h5-12,27H,13-14H2,1-4H3,(H,24,30)(H,25,29). The Labute approximate surface area is 193 Å². The predicted molar refractivity (Wildman–Crippen MR) is 128 cm³/mol. The van der Waals surface area contributed by atoms with Gasteiger partial charge in [0.1, 0.15) is 0 Å². The highest BCUT2D eigenvalue weighted by Gasteiger charge is 2.18. The normalized spacial score (nSPS) is 11.2. The number of nitrogens with zero attached hydrogens (tertiary/aromatic N) is 2. The Hall–Kier alpha value is -3.66. The van der Waals surface area contributed by atoms with Gasteiger partial charge in [-0.05, 0) is 37.6 Å². The molecule has 1 heterocycles. The highest BCUT2D eigenvalue weighted by Crippen LogP contribution is 2.22. The Morgan fingerprint density at radius 3 is 2.39 bits per heavy atom. The number of hydrogen-bond donors (Lipinski definition) is 3. The number of nitrogens with one attached hydrogen (secondary N) is 3. The van der Waals surface area contributed by atoms with Crippen LogP contribution in [0, 0.1) is 13.8 Å². The van der Waals surface area contributed by atoms with Crippen molar-refractivity contribution in [1.29, 1.82) is 0 Å². The molecule has 0 saturated carbocycles. The number of aryl methyl sites for hydroxylation is 1. The summed E-state index contributed by atoms with van der Waals surface area (Å²) in [6.45, 7) is 6.00. The van der Waals surface area contributed by atoms with E-state index < -0.39 is 15.9 Å². The summed E-state index contributed by atoms with van der Waals surface area (Å²) in [4.78, 5) is 24.4. The Morgan fingerprint density at radius 2 is 1.76 bits per heavy atom. The second-order valence-electron chi connectivity index (χ2n) is 7.79. The van der Waals surface area contributed by atoms with Gasteiger partial charge in [0.2, 0.25) is 15.9 Å². The minimum atomic E-state index is -3.61. The number of aromatic nitrogens is 2. The summed E-state index contributed by atoms with van der Waals surface area (Å²) in [6, 6.07) is 14.3. The molecule has 0 saturated heterocycles. The number of carbonyl (C=O) groups is 2. The van der Waals surface area contributed by atoms with Gasteiger partial charge in [-0.3, -0.25) is 19.0 Å². The molecule has 0 aliphatic rings. The fourth-order valence-corrected chi connectivity index (χ4v) is 4.04. The van der Waals surface area contributed by atoms with Crippen LogP contribution in [0.25, 0.3) is 0 Å². The molecule has 2 aromatic carbocycles. The predicted octanol–water partition coefficient (Wildman–Crippen LogP) is 2.81. The summed E-state index contributed by atoms with van der Waals surface area (Å²) in [5.74, 6) is -0.787. The summed E-state index contributed by atoms with van der Waals surface area (Å²) >= 11 is 0. The van der Waals surface area contributed by atoms with Crippen LogP contribution in [0.5, 0.6) is 0 Å². The highest BCUT2D eigenvalue weighted by atomic mass is 32.2. The van der Waals surface area contributed by atoms with E-state index in [-0.39, 0.29) is 23.7 Å². The molecule has 0 fully saturated rings. The van der Waals surface area contributed by atoms with Gasteiger partial charge in [0, 0.05) is 30.4 Å². The molecule has 0 aliphatic heterocycles. The minimum absolute atomic E-state index is 0.0960. The van der Waals surface area contributed by atoms with Gasteiger partial charge in [-0.2, -0.15) is 5.10 Å². The maximum Gasteiger partial charge on any atom is 0.253 e. The Morgan fingerprint density at radius 1 is 1.06 bits per heavy atom. The fourth-order valence-electron chi connectivity index (χ4n) is 3.47. The van der Waals surface area contributed by atoms with Crippen molar-refractivity contribution in [2.45, 2.75) is 33.9 Å². The number of benzene rings is 2. The monoisotopic (exact) mass is 469 g/mol. The molecule has 0 atom stereocenters. The molecule has 3 N–H and O–H groups in total. The van der Waals surface area contributed by atoms with Gasteiger partial charge in [0.15, 0.2) is 0 Å². The van der Waals surface area contributed by atoms with E-state index in [1.54, 1.807) is 0 Å². The van der Waals surface area contributed by atoms with Crippen LogP contribution in [0.15, 0.2) is 48.5 Å². The third-order valence-electron chi connectivity index (χ3n) is 5.01. The van der Waals surface area contributed by atoms with Crippen LogP contribution < -0.4 is 15.4 Å². The van der Waals surface area contributed by atoms with Gasteiger partial charge in [0.25, 0.3) is 5.91 Å². The molecule has 1 aromatic heterocycles. The number of carbonyl (C=O) groups excluding carboxylic acids is 2. The molecule has 0 spiro atoms. The van der Waals surface area contributed by atoms with Crippen LogP contribution in [0.3, 0.4) is 0 Å². The van der Waals surface area contributed by atoms with Crippen LogP contribution in [0.4, 0.5) is 11.4 Å². The molecule has 9 nitrogen and oxygen atoms in total. The largest absolute Gasteiger partial charge is 0.348 e. The van der Waals surface area contributed by atoms with E-state index in [1.807, 2.05) is 48.9 Å². The molecule has 0 aliphatic carbocycles. The second kappa shape index (κ2) is 9.86. The summed E-state index contributed by atoms with van der Waals surface area (Å²) < 4.78 is 27.7. The molecule has 2 amide bonds. The third-order valence-corrected chi connectivity index (χ3v) is 5.60. The van der Waals surface area contributed by atoms with Gasteiger partial charge in [-0.25, -0.2) is 8.42 Å². The lowest BCUT2D eigenvalue weighted by Gasteiger charge is -2.13. The highest BCUT2D eigenvalue weighted by molar-refractivity contribution is 7.92. The number of rotatable bonds is 8. The molecule has 33 heavy (non-hydrogen) atoms. The molecule has 174 valence electrons. The number of sulfonamides is 1. The van der Waals surface area contributed by atoms with Crippen molar-refractivity contribution in [3.8, 4) is 0 Å². The molecule has 0 bridgehead atoms. The van der Waals surface area contributed by atoms with Crippen LogP contribution in [-0.4, -0.2) is 36.3 Å². The van der Waals surface area contributed by atoms with E-state index in [9.17, 15) is 18.0 Å². The number of amides is 2. The summed E-state index contributed by atoms with van der Waals surface area (Å²) in [7, 11) is -3.61. The molecule has 0 radical (unpaired) electrons. The Bertz CT molecular complexity index is 1280. The summed E-state index contributed by atoms with van der Waals surface area (Å²) in [6.07, 6.45) is 1.00. The van der Waals surface area contributed by atoms with Crippen molar-refractivity contribution in [1.82, 2.24) is 15.1 Å². The third kappa shape index (κ3) is 6.42. The molecule has 3 aromatic rings. The zero-order chi connectivity index (χ0) is 24.2. The van der Waals surface area contributed by atoms with E-state index in [0.717, 1.165) is 28.8 Å². The Balaban J connectivity index is 1.82. The molecular formula is C23H27N5O4S. The van der Waals surface area contributed by atoms with E-state index in [0.29, 0.717) is 12.2 Å². The van der Waals surface area contributed by atoms with E-state index >= 15 is 0 Å². The van der Waals surface area contributed by atoms with Gasteiger partial charge >= 0.3 is 0 Å². The SMILES string of the molecule is CC(=O)Nc1ccc(NS(C)(=O)=O)c(C(=O)NCc2c(C)nn(Cc3ccccc3)c2C)c1. The summed E-state index contributed by atoms with van der Waals surface area (Å²) in [5, 5.41) is 10.0. The van der Waals surface area contributed by atoms with Crippen molar-refractivity contribution in [3.05, 3.63) is 76.6 Å². The van der Waals surface area contributed by atoms with Crippen LogP contribution >= 0.6 is 0 Å². The van der Waals surface area contributed by atoms with E-state index in [2.05, 4.69) is 20.5 Å². The van der Waals surface area contributed by atoms with Crippen LogP contribution in [0.2, 0.25) is 0 Å². The lowest BCUT2D eigenvalue weighted by atomic mass is 10.1. The first-order valence-corrected chi connectivity index (χ1v) is 12.2. The maximum absolute atomic E-state index is 13.0. The first kappa shape index (κ1) is 24.0. The van der Waals surface area contributed by atoms with Crippen molar-refractivity contribution in [3.63, 3.8) is 0 Å². The second-order valence-corrected chi connectivity index (χ2v) is 9.54. The molecular weight excluding hydrogens is 442 g/mol. The fraction of sp³-hybridized carbons (Fsp3) is 0.261. The van der Waals surface area contributed by atoms with Gasteiger partial charge in [-0.1, -0.05) is 30.3 Å². The lowest BCUT2D eigenvalue weighted by molar-refractivity contribution is -0.114. The molecule has 0 unspecified atom stereocenters. The zero-order valence-corrected chi connectivity index (χ0v) is 19.8. The van der Waals surface area contributed by atoms with Crippen molar-refractivity contribution < 1.29 is 18.0 Å². The topological polar surface area (TPSA) is 122 Å². The zero-order valence-electron chi connectivity index (χ0n) is 19.0. The van der Waals surface area contributed by atoms with E-state index in [4.69, 9.17) is 0 Å². The van der Waals surface area contributed by atoms with Gasteiger partial charge in [-0.15, -0.1) is 0 Å². The summed E-state index contributed by atoms with van der Waals surface area (Å²) in [5.41, 5.74) is 4.33. The number of hydrogen-bond acceptors (Lipinski definition) is 5. The lowest BCUT2D eigenvalue weighted by Crippen LogP contribution is -2.25. The van der Waals surface area contributed by atoms with Crippen molar-refractivity contribution >= 4 is 33.2 Å². The molecule has 10 heteroatoms. The number of anilines is 2. The quantitative estimate of drug-likeness (QED) is 0.468. The minimum Gasteiger partial charge on any atom is -0.348 e. The molecule has 3 rings (SSSR count). The van der Waals surface area contributed by atoms with Crippen LogP contribution in [-0.2, 0) is 27.9 Å². The van der Waals surface area contributed by atoms with E-state index in [1.165, 1.54) is 25.1 Å². The van der Waals surface area contributed by atoms with Crippen LogP contribution in [0.1, 0.15) is 39.8 Å². The van der Waals surface area contributed by atoms with Gasteiger partial charge in [0.05, 0.1) is 29.7 Å². The van der Waals surface area contributed by atoms with Crippen molar-refractivity contribution in [2.24, 2.45) is 0 Å². The first-order valence-electron chi connectivity index (χ1n) is 10.3. The van der Waals surface area contributed by atoms with Crippen molar-refractivity contribution in [2.75, 3.05) is 16.3 Å². The van der Waals surface area contributed by atoms with Gasteiger partial charge < -0.3 is 10.6 Å². The average molecular weight is 470 g/mol. The average Bonchev–Trinajstić information content (AvgIpc) is 2.99.